The van der Waals surface area contributed by atoms with E-state index in [9.17, 15) is 10.1 Å². The fourth-order valence-corrected chi connectivity index (χ4v) is 6.54. The summed E-state index contributed by atoms with van der Waals surface area (Å²) in [4.78, 5) is 14.6. The summed E-state index contributed by atoms with van der Waals surface area (Å²) in [5.41, 5.74) is 2.82. The van der Waals surface area contributed by atoms with Crippen LogP contribution in [-0.2, 0) is 17.6 Å². The first-order chi connectivity index (χ1) is 13.7. The highest BCUT2D eigenvalue weighted by Crippen LogP contribution is 2.37. The quantitative estimate of drug-likeness (QED) is 0.487. The molecule has 140 valence electrons. The number of thiophene rings is 1. The largest absolute Gasteiger partial charge is 0.316 e. The topological polar surface area (TPSA) is 83.1 Å². The molecule has 0 bridgehead atoms. The lowest BCUT2D eigenvalue weighted by Gasteiger charge is -2.09. The molecule has 1 N–H and O–H groups in total. The molecule has 0 fully saturated rings. The minimum absolute atomic E-state index is 0.128. The molecule has 0 atom stereocenters. The summed E-state index contributed by atoms with van der Waals surface area (Å²) in [5.74, 6) is 0.0923. The number of carbonyl (C=O) groups is 1. The third kappa shape index (κ3) is 2.98. The predicted molar refractivity (Wildman–Crippen MR) is 113 cm³/mol. The molecule has 1 aromatic carbocycles. The molecule has 1 amide bonds. The van der Waals surface area contributed by atoms with Gasteiger partial charge >= 0.3 is 0 Å². The van der Waals surface area contributed by atoms with E-state index < -0.39 is 0 Å². The summed E-state index contributed by atoms with van der Waals surface area (Å²) in [6.07, 6.45) is 4.20. The van der Waals surface area contributed by atoms with E-state index in [0.717, 1.165) is 46.4 Å². The van der Waals surface area contributed by atoms with Crippen molar-refractivity contribution in [2.75, 3.05) is 11.1 Å². The van der Waals surface area contributed by atoms with Gasteiger partial charge in [0.05, 0.1) is 21.5 Å². The van der Waals surface area contributed by atoms with E-state index in [0.29, 0.717) is 15.7 Å². The van der Waals surface area contributed by atoms with Gasteiger partial charge < -0.3 is 5.32 Å². The minimum atomic E-state index is -0.128. The molecule has 4 aromatic rings. The average Bonchev–Trinajstić information content (AvgIpc) is 3.37. The van der Waals surface area contributed by atoms with Crippen LogP contribution in [0, 0.1) is 11.3 Å². The van der Waals surface area contributed by atoms with Crippen LogP contribution in [0.4, 0.5) is 5.00 Å². The van der Waals surface area contributed by atoms with Crippen molar-refractivity contribution < 1.29 is 4.79 Å². The molecule has 28 heavy (non-hydrogen) atoms. The maximum atomic E-state index is 12.5. The molecule has 1 aliphatic rings. The number of aryl methyl sites for hydroxylation is 1. The smallest absolute Gasteiger partial charge is 0.235 e. The molecule has 1 aliphatic carbocycles. The van der Waals surface area contributed by atoms with Crippen LogP contribution < -0.4 is 5.32 Å². The van der Waals surface area contributed by atoms with Crippen molar-refractivity contribution in [2.24, 2.45) is 0 Å². The fraction of sp³-hybridized carbons (Fsp3) is 0.263. The Morgan fingerprint density at radius 1 is 1.25 bits per heavy atom. The molecule has 3 aromatic heterocycles. The number of hydrogen-bond donors (Lipinski definition) is 1. The van der Waals surface area contributed by atoms with Gasteiger partial charge in [0.25, 0.3) is 0 Å². The molecular formula is C19H15N5OS3. The Morgan fingerprint density at radius 3 is 3.00 bits per heavy atom. The van der Waals surface area contributed by atoms with E-state index >= 15 is 0 Å². The number of thiazole rings is 1. The van der Waals surface area contributed by atoms with Gasteiger partial charge in [0.2, 0.25) is 10.9 Å². The number of hydrogen-bond acceptors (Lipinski definition) is 7. The Hall–Kier alpha value is -2.41. The Kier molecular flexibility index (Phi) is 4.55. The lowest BCUT2D eigenvalue weighted by Crippen LogP contribution is -2.14. The van der Waals surface area contributed by atoms with Crippen molar-refractivity contribution >= 4 is 60.5 Å². The number of amides is 1. The number of carbonyl (C=O) groups excluding carboxylic acids is 1. The van der Waals surface area contributed by atoms with Crippen LogP contribution in [0.2, 0.25) is 0 Å². The second kappa shape index (κ2) is 7.20. The van der Waals surface area contributed by atoms with E-state index in [1.165, 1.54) is 16.6 Å². The molecular weight excluding hydrogens is 410 g/mol. The molecule has 0 unspecified atom stereocenters. The highest BCUT2D eigenvalue weighted by Gasteiger charge is 2.22. The summed E-state index contributed by atoms with van der Waals surface area (Å²) in [7, 11) is 0. The van der Waals surface area contributed by atoms with Crippen molar-refractivity contribution in [1.29, 1.82) is 5.26 Å². The number of nitrogens with zero attached hydrogens (tertiary/aromatic N) is 4. The predicted octanol–water partition coefficient (Wildman–Crippen LogP) is 4.49. The number of fused-ring (bicyclic) bond motifs is 4. The SMILES string of the molecule is N#Cc1c(NC(=O)CSc2nnc3sc4ccccc4n23)sc2c1CCCC2. The molecule has 0 radical (unpaired) electrons. The Morgan fingerprint density at radius 2 is 2.11 bits per heavy atom. The van der Waals surface area contributed by atoms with Crippen molar-refractivity contribution in [1.82, 2.24) is 14.6 Å². The molecule has 0 saturated carbocycles. The zero-order valence-electron chi connectivity index (χ0n) is 14.8. The molecule has 3 heterocycles. The van der Waals surface area contributed by atoms with E-state index in [-0.39, 0.29) is 11.7 Å². The molecule has 6 nitrogen and oxygen atoms in total. The second-order valence-electron chi connectivity index (χ2n) is 6.53. The zero-order valence-corrected chi connectivity index (χ0v) is 17.2. The van der Waals surface area contributed by atoms with Crippen LogP contribution in [0.1, 0.15) is 28.8 Å². The van der Waals surface area contributed by atoms with Crippen molar-refractivity contribution in [2.45, 2.75) is 30.8 Å². The van der Waals surface area contributed by atoms with E-state index in [1.807, 2.05) is 22.6 Å². The third-order valence-corrected chi connectivity index (χ3v) is 7.93. The van der Waals surface area contributed by atoms with Gasteiger partial charge in [-0.1, -0.05) is 35.2 Å². The first kappa shape index (κ1) is 17.7. The number of anilines is 1. The number of benzene rings is 1. The lowest BCUT2D eigenvalue weighted by molar-refractivity contribution is -0.113. The number of rotatable bonds is 4. The van der Waals surface area contributed by atoms with Gasteiger partial charge in [-0.2, -0.15) is 5.26 Å². The average molecular weight is 426 g/mol. The third-order valence-electron chi connectivity index (χ3n) is 4.78. The van der Waals surface area contributed by atoms with Gasteiger partial charge in [0, 0.05) is 4.88 Å². The summed E-state index contributed by atoms with van der Waals surface area (Å²) in [6.45, 7) is 0. The van der Waals surface area contributed by atoms with Crippen LogP contribution in [0.3, 0.4) is 0 Å². The van der Waals surface area contributed by atoms with E-state index in [4.69, 9.17) is 0 Å². The van der Waals surface area contributed by atoms with Crippen LogP contribution in [-0.4, -0.2) is 26.3 Å². The number of nitriles is 1. The maximum absolute atomic E-state index is 12.5. The van der Waals surface area contributed by atoms with Gasteiger partial charge in [-0.25, -0.2) is 0 Å². The summed E-state index contributed by atoms with van der Waals surface area (Å²) in [6, 6.07) is 10.3. The number of para-hydroxylation sites is 1. The Balaban J connectivity index is 1.34. The standard InChI is InChI=1S/C19H15N5OS3/c20-9-12-11-5-1-3-7-14(11)27-17(12)21-16(25)10-26-18-22-23-19-24(18)13-6-2-4-8-15(13)28-19/h2,4,6,8H,1,3,5,7,10H2,(H,21,25). The summed E-state index contributed by atoms with van der Waals surface area (Å²) >= 11 is 4.49. The van der Waals surface area contributed by atoms with Crippen molar-refractivity contribution in [3.63, 3.8) is 0 Å². The molecule has 9 heteroatoms. The van der Waals surface area contributed by atoms with E-state index in [1.54, 1.807) is 22.7 Å². The number of aromatic nitrogens is 3. The highest BCUT2D eigenvalue weighted by molar-refractivity contribution is 7.99. The number of nitrogens with one attached hydrogen (secondary N) is 1. The molecule has 0 saturated heterocycles. The van der Waals surface area contributed by atoms with Gasteiger partial charge in [0.1, 0.15) is 11.1 Å². The number of thioether (sulfide) groups is 1. The van der Waals surface area contributed by atoms with Crippen LogP contribution >= 0.6 is 34.4 Å². The maximum Gasteiger partial charge on any atom is 0.235 e. The van der Waals surface area contributed by atoms with Crippen molar-refractivity contribution in [3.05, 3.63) is 40.3 Å². The summed E-state index contributed by atoms with van der Waals surface area (Å²) < 4.78 is 3.13. The molecule has 0 aliphatic heterocycles. The van der Waals surface area contributed by atoms with Crippen LogP contribution in [0.25, 0.3) is 15.2 Å². The minimum Gasteiger partial charge on any atom is -0.316 e. The van der Waals surface area contributed by atoms with Gasteiger partial charge in [-0.3, -0.25) is 9.20 Å². The van der Waals surface area contributed by atoms with Crippen molar-refractivity contribution in [3.8, 4) is 6.07 Å². The first-order valence-corrected chi connectivity index (χ1v) is 11.6. The molecule has 5 rings (SSSR count). The van der Waals surface area contributed by atoms with E-state index in [2.05, 4.69) is 27.6 Å². The van der Waals surface area contributed by atoms with Gasteiger partial charge in [-0.05, 0) is 43.4 Å². The van der Waals surface area contributed by atoms with Gasteiger partial charge in [-0.15, -0.1) is 21.5 Å². The monoisotopic (exact) mass is 425 g/mol. The highest BCUT2D eigenvalue weighted by atomic mass is 32.2. The van der Waals surface area contributed by atoms with Crippen LogP contribution in [0.5, 0.6) is 0 Å². The lowest BCUT2D eigenvalue weighted by atomic mass is 9.96. The Labute approximate surface area is 173 Å². The first-order valence-electron chi connectivity index (χ1n) is 8.94. The fourth-order valence-electron chi connectivity index (χ4n) is 3.51. The molecule has 0 spiro atoms. The summed E-state index contributed by atoms with van der Waals surface area (Å²) in [5, 5.41) is 22.3. The normalized spacial score (nSPS) is 13.5. The zero-order chi connectivity index (χ0) is 19.1. The van der Waals surface area contributed by atoms with Crippen LogP contribution in [0.15, 0.2) is 29.4 Å². The second-order valence-corrected chi connectivity index (χ2v) is 9.59. The Bertz CT molecular complexity index is 1250. The van der Waals surface area contributed by atoms with Gasteiger partial charge in [0.15, 0.2) is 5.16 Å².